The molecule has 84 valence electrons. The Labute approximate surface area is 94.7 Å². The molecule has 0 amide bonds. The molecule has 1 aromatic rings. The highest BCUT2D eigenvalue weighted by atomic mass is 19.1. The monoisotopic (exact) mass is 218 g/mol. The van der Waals surface area contributed by atoms with E-state index in [4.69, 9.17) is 5.73 Å². The highest BCUT2D eigenvalue weighted by Gasteiger charge is 2.14. The van der Waals surface area contributed by atoms with Crippen molar-refractivity contribution < 1.29 is 4.39 Å². The summed E-state index contributed by atoms with van der Waals surface area (Å²) < 4.78 is 13.6. The van der Waals surface area contributed by atoms with E-state index in [0.29, 0.717) is 18.5 Å². The number of nitrogens with zero attached hydrogens (tertiary/aromatic N) is 1. The number of rotatable bonds is 2. The van der Waals surface area contributed by atoms with Gasteiger partial charge in [-0.2, -0.15) is 0 Å². The Morgan fingerprint density at radius 2 is 2.19 bits per heavy atom. The zero-order chi connectivity index (χ0) is 11.5. The standard InChI is InChI=1S/C13H15FN2/c1-9-3-2-4-13(16-9)10-5-6-11(8-15)12(14)7-10/h2-4,7H,5-6,8,15H2,1H3. The summed E-state index contributed by atoms with van der Waals surface area (Å²) in [5.74, 6) is -0.188. The molecule has 1 aromatic heterocycles. The summed E-state index contributed by atoms with van der Waals surface area (Å²) in [5, 5.41) is 0. The van der Waals surface area contributed by atoms with Gasteiger partial charge in [-0.05, 0) is 49.1 Å². The van der Waals surface area contributed by atoms with Gasteiger partial charge in [0.2, 0.25) is 0 Å². The molecule has 16 heavy (non-hydrogen) atoms. The molecule has 0 fully saturated rings. The third-order valence-electron chi connectivity index (χ3n) is 2.80. The van der Waals surface area contributed by atoms with Crippen molar-refractivity contribution in [2.45, 2.75) is 19.8 Å². The lowest BCUT2D eigenvalue weighted by molar-refractivity contribution is 0.633. The Morgan fingerprint density at radius 1 is 1.38 bits per heavy atom. The van der Waals surface area contributed by atoms with Gasteiger partial charge in [0.1, 0.15) is 5.83 Å². The van der Waals surface area contributed by atoms with Crippen molar-refractivity contribution in [3.05, 3.63) is 47.1 Å². The van der Waals surface area contributed by atoms with Gasteiger partial charge in [-0.15, -0.1) is 0 Å². The molecule has 0 bridgehead atoms. The first-order chi connectivity index (χ1) is 7.70. The minimum absolute atomic E-state index is 0.188. The predicted octanol–water partition coefficient (Wildman–Crippen LogP) is 2.75. The molecule has 1 aliphatic carbocycles. The van der Waals surface area contributed by atoms with Gasteiger partial charge in [-0.1, -0.05) is 6.07 Å². The minimum atomic E-state index is -0.188. The zero-order valence-corrected chi connectivity index (χ0v) is 9.33. The van der Waals surface area contributed by atoms with Crippen molar-refractivity contribution in [2.24, 2.45) is 5.73 Å². The maximum Gasteiger partial charge on any atom is 0.124 e. The van der Waals surface area contributed by atoms with Crippen LogP contribution in [-0.4, -0.2) is 11.5 Å². The van der Waals surface area contributed by atoms with Crippen LogP contribution in [0.4, 0.5) is 4.39 Å². The second-order valence-electron chi connectivity index (χ2n) is 3.99. The van der Waals surface area contributed by atoms with Crippen LogP contribution < -0.4 is 5.73 Å². The van der Waals surface area contributed by atoms with E-state index in [1.807, 2.05) is 25.1 Å². The lowest BCUT2D eigenvalue weighted by Crippen LogP contribution is -2.08. The summed E-state index contributed by atoms with van der Waals surface area (Å²) >= 11 is 0. The fourth-order valence-electron chi connectivity index (χ4n) is 1.86. The van der Waals surface area contributed by atoms with Crippen LogP contribution in [0, 0.1) is 6.92 Å². The normalized spacial score (nSPS) is 16.3. The van der Waals surface area contributed by atoms with E-state index in [1.54, 1.807) is 6.08 Å². The van der Waals surface area contributed by atoms with Crippen LogP contribution in [0.25, 0.3) is 5.57 Å². The summed E-state index contributed by atoms with van der Waals surface area (Å²) in [6.07, 6.45) is 3.08. The van der Waals surface area contributed by atoms with Gasteiger partial charge in [0.15, 0.2) is 0 Å². The number of hydrogen-bond donors (Lipinski definition) is 1. The molecule has 2 nitrogen and oxygen atoms in total. The second-order valence-corrected chi connectivity index (χ2v) is 3.99. The average molecular weight is 218 g/mol. The number of aromatic nitrogens is 1. The van der Waals surface area contributed by atoms with Gasteiger partial charge in [0.05, 0.1) is 5.69 Å². The molecule has 0 saturated carbocycles. The maximum absolute atomic E-state index is 13.6. The fourth-order valence-corrected chi connectivity index (χ4v) is 1.86. The van der Waals surface area contributed by atoms with Crippen LogP contribution in [0.1, 0.15) is 24.2 Å². The highest BCUT2D eigenvalue weighted by molar-refractivity contribution is 5.67. The molecule has 0 aliphatic heterocycles. The van der Waals surface area contributed by atoms with Crippen molar-refractivity contribution in [1.29, 1.82) is 0 Å². The van der Waals surface area contributed by atoms with Crippen LogP contribution in [0.5, 0.6) is 0 Å². The van der Waals surface area contributed by atoms with Gasteiger partial charge in [-0.3, -0.25) is 4.98 Å². The maximum atomic E-state index is 13.6. The van der Waals surface area contributed by atoms with E-state index < -0.39 is 0 Å². The Balaban J connectivity index is 2.34. The molecule has 0 aromatic carbocycles. The van der Waals surface area contributed by atoms with E-state index in [9.17, 15) is 4.39 Å². The lowest BCUT2D eigenvalue weighted by Gasteiger charge is -2.15. The van der Waals surface area contributed by atoms with Gasteiger partial charge >= 0.3 is 0 Å². The number of nitrogens with two attached hydrogens (primary N) is 1. The number of aryl methyl sites for hydroxylation is 1. The van der Waals surface area contributed by atoms with E-state index in [1.165, 1.54) is 0 Å². The molecule has 0 unspecified atom stereocenters. The molecule has 3 heteroatoms. The summed E-state index contributed by atoms with van der Waals surface area (Å²) in [6.45, 7) is 2.24. The first kappa shape index (κ1) is 11.0. The van der Waals surface area contributed by atoms with Crippen LogP contribution in [0.15, 0.2) is 35.7 Å². The van der Waals surface area contributed by atoms with Gasteiger partial charge in [0, 0.05) is 12.2 Å². The molecule has 1 heterocycles. The number of pyridine rings is 1. The van der Waals surface area contributed by atoms with E-state index in [0.717, 1.165) is 23.4 Å². The molecule has 2 rings (SSSR count). The van der Waals surface area contributed by atoms with Gasteiger partial charge in [-0.25, -0.2) is 4.39 Å². The van der Waals surface area contributed by atoms with Crippen LogP contribution >= 0.6 is 0 Å². The quantitative estimate of drug-likeness (QED) is 0.829. The SMILES string of the molecule is Cc1cccc(C2=CC(F)=C(CN)CC2)n1. The molecular weight excluding hydrogens is 203 g/mol. The van der Waals surface area contributed by atoms with Crippen LogP contribution in [-0.2, 0) is 0 Å². The fraction of sp³-hybridized carbons (Fsp3) is 0.308. The average Bonchev–Trinajstić information content (AvgIpc) is 2.29. The van der Waals surface area contributed by atoms with Crippen LogP contribution in [0.3, 0.4) is 0 Å². The third kappa shape index (κ3) is 2.19. The van der Waals surface area contributed by atoms with Crippen molar-refractivity contribution in [2.75, 3.05) is 6.54 Å². The van der Waals surface area contributed by atoms with Crippen LogP contribution in [0.2, 0.25) is 0 Å². The number of allylic oxidation sites excluding steroid dienone is 3. The van der Waals surface area contributed by atoms with Crippen molar-refractivity contribution in [1.82, 2.24) is 4.98 Å². The second kappa shape index (κ2) is 4.58. The summed E-state index contributed by atoms with van der Waals surface area (Å²) in [7, 11) is 0. The third-order valence-corrected chi connectivity index (χ3v) is 2.80. The summed E-state index contributed by atoms with van der Waals surface area (Å²) in [6, 6.07) is 5.79. The molecule has 0 atom stereocenters. The molecule has 0 radical (unpaired) electrons. The lowest BCUT2D eigenvalue weighted by atomic mass is 9.95. The Hall–Kier alpha value is -1.48. The molecule has 2 N–H and O–H groups in total. The summed E-state index contributed by atoms with van der Waals surface area (Å²) in [4.78, 5) is 4.39. The highest BCUT2D eigenvalue weighted by Crippen LogP contribution is 2.29. The number of hydrogen-bond acceptors (Lipinski definition) is 2. The van der Waals surface area contributed by atoms with Gasteiger partial charge < -0.3 is 5.73 Å². The smallest absolute Gasteiger partial charge is 0.124 e. The first-order valence-electron chi connectivity index (χ1n) is 5.43. The predicted molar refractivity (Wildman–Crippen MR) is 63.4 cm³/mol. The number of halogens is 1. The molecule has 0 spiro atoms. The molecule has 0 saturated heterocycles. The van der Waals surface area contributed by atoms with Crippen molar-refractivity contribution >= 4 is 5.57 Å². The Morgan fingerprint density at radius 3 is 2.81 bits per heavy atom. The minimum Gasteiger partial charge on any atom is -0.327 e. The van der Waals surface area contributed by atoms with E-state index >= 15 is 0 Å². The first-order valence-corrected chi connectivity index (χ1v) is 5.43. The molecule has 1 aliphatic rings. The van der Waals surface area contributed by atoms with Crippen molar-refractivity contribution in [3.63, 3.8) is 0 Å². The van der Waals surface area contributed by atoms with E-state index in [2.05, 4.69) is 4.98 Å². The van der Waals surface area contributed by atoms with E-state index in [-0.39, 0.29) is 5.83 Å². The largest absolute Gasteiger partial charge is 0.327 e. The zero-order valence-electron chi connectivity index (χ0n) is 9.33. The van der Waals surface area contributed by atoms with Gasteiger partial charge in [0.25, 0.3) is 0 Å². The Bertz CT molecular complexity index is 461. The topological polar surface area (TPSA) is 38.9 Å². The molecular formula is C13H15FN2. The Kier molecular flexibility index (Phi) is 3.15. The summed E-state index contributed by atoms with van der Waals surface area (Å²) in [5.41, 5.74) is 8.94. The van der Waals surface area contributed by atoms with Crippen molar-refractivity contribution in [3.8, 4) is 0 Å².